The molecular formula is C15H18N4O2. The summed E-state index contributed by atoms with van der Waals surface area (Å²) in [6.07, 6.45) is 0.812. The monoisotopic (exact) mass is 286 g/mol. The molecule has 0 fully saturated rings. The van der Waals surface area contributed by atoms with Crippen molar-refractivity contribution in [3.8, 4) is 11.4 Å². The van der Waals surface area contributed by atoms with Gasteiger partial charge in [0.2, 0.25) is 0 Å². The number of aryl methyl sites for hydroxylation is 1. The summed E-state index contributed by atoms with van der Waals surface area (Å²) in [4.78, 5) is 19.4. The van der Waals surface area contributed by atoms with Gasteiger partial charge in [-0.1, -0.05) is 6.92 Å². The van der Waals surface area contributed by atoms with Crippen molar-refractivity contribution in [2.24, 2.45) is 0 Å². The minimum atomic E-state index is -0.415. The molecule has 0 saturated heterocycles. The fraction of sp³-hybridized carbons (Fsp3) is 0.333. The molecule has 0 aliphatic rings. The Morgan fingerprint density at radius 1 is 1.19 bits per heavy atom. The smallest absolute Gasteiger partial charge is 0.269 e. The first-order chi connectivity index (χ1) is 10.1. The van der Waals surface area contributed by atoms with Gasteiger partial charge in [0.1, 0.15) is 5.82 Å². The molecule has 1 N–H and O–H groups in total. The van der Waals surface area contributed by atoms with Crippen LogP contribution >= 0.6 is 0 Å². The Kier molecular flexibility index (Phi) is 4.47. The highest BCUT2D eigenvalue weighted by atomic mass is 16.6. The zero-order chi connectivity index (χ0) is 15.4. The first-order valence-corrected chi connectivity index (χ1v) is 6.93. The Hall–Kier alpha value is -2.50. The highest BCUT2D eigenvalue weighted by molar-refractivity contribution is 5.61. The third-order valence-corrected chi connectivity index (χ3v) is 3.26. The van der Waals surface area contributed by atoms with Crippen LogP contribution in [0.4, 0.5) is 11.5 Å². The van der Waals surface area contributed by atoms with Gasteiger partial charge < -0.3 is 5.32 Å². The molecule has 0 unspecified atom stereocenters. The molecule has 6 nitrogen and oxygen atoms in total. The molecule has 2 rings (SSSR count). The van der Waals surface area contributed by atoms with Crippen molar-refractivity contribution in [1.82, 2.24) is 9.97 Å². The van der Waals surface area contributed by atoms with Crippen molar-refractivity contribution in [2.75, 3.05) is 11.9 Å². The zero-order valence-electron chi connectivity index (χ0n) is 12.4. The van der Waals surface area contributed by atoms with Gasteiger partial charge in [-0.15, -0.1) is 0 Å². The molecule has 21 heavy (non-hydrogen) atoms. The summed E-state index contributed by atoms with van der Waals surface area (Å²) in [6, 6.07) is 6.30. The molecule has 0 amide bonds. The second kappa shape index (κ2) is 6.30. The number of aromatic nitrogens is 2. The minimum Gasteiger partial charge on any atom is -0.370 e. The lowest BCUT2D eigenvalue weighted by Gasteiger charge is -2.12. The van der Waals surface area contributed by atoms with Crippen molar-refractivity contribution in [1.29, 1.82) is 0 Å². The molecule has 6 heteroatoms. The average molecular weight is 286 g/mol. The number of anilines is 1. The molecule has 0 radical (unpaired) electrons. The summed E-state index contributed by atoms with van der Waals surface area (Å²) in [5.41, 5.74) is 2.86. The summed E-state index contributed by atoms with van der Waals surface area (Å²) >= 11 is 0. The van der Waals surface area contributed by atoms with Crippen LogP contribution in [-0.4, -0.2) is 21.4 Å². The number of rotatable bonds is 5. The SMILES string of the molecule is CCNc1nc(-c2ccc([N+](=O)[O-])cc2)nc(CC)c1C. The second-order valence-electron chi connectivity index (χ2n) is 4.66. The van der Waals surface area contributed by atoms with Crippen molar-refractivity contribution < 1.29 is 4.92 Å². The minimum absolute atomic E-state index is 0.0634. The van der Waals surface area contributed by atoms with Gasteiger partial charge in [0, 0.05) is 35.5 Å². The highest BCUT2D eigenvalue weighted by Crippen LogP contribution is 2.24. The third-order valence-electron chi connectivity index (χ3n) is 3.26. The summed E-state index contributed by atoms with van der Waals surface area (Å²) in [6.45, 7) is 6.83. The quantitative estimate of drug-likeness (QED) is 0.673. The Morgan fingerprint density at radius 2 is 1.86 bits per heavy atom. The lowest BCUT2D eigenvalue weighted by Crippen LogP contribution is -2.07. The van der Waals surface area contributed by atoms with Crippen LogP contribution in [0.1, 0.15) is 25.1 Å². The van der Waals surface area contributed by atoms with E-state index < -0.39 is 4.92 Å². The average Bonchev–Trinajstić information content (AvgIpc) is 2.49. The van der Waals surface area contributed by atoms with Gasteiger partial charge in [-0.3, -0.25) is 10.1 Å². The van der Waals surface area contributed by atoms with E-state index in [0.29, 0.717) is 5.82 Å². The lowest BCUT2D eigenvalue weighted by atomic mass is 10.1. The molecule has 0 aliphatic carbocycles. The highest BCUT2D eigenvalue weighted by Gasteiger charge is 2.12. The van der Waals surface area contributed by atoms with Crippen LogP contribution in [0, 0.1) is 17.0 Å². The maximum absolute atomic E-state index is 10.7. The van der Waals surface area contributed by atoms with E-state index in [1.807, 2.05) is 20.8 Å². The van der Waals surface area contributed by atoms with Crippen LogP contribution in [0.5, 0.6) is 0 Å². The number of benzene rings is 1. The Morgan fingerprint density at radius 3 is 2.38 bits per heavy atom. The van der Waals surface area contributed by atoms with Gasteiger partial charge in [0.15, 0.2) is 5.82 Å². The number of hydrogen-bond acceptors (Lipinski definition) is 5. The van der Waals surface area contributed by atoms with Gasteiger partial charge in [-0.25, -0.2) is 9.97 Å². The molecule has 1 aromatic carbocycles. The van der Waals surface area contributed by atoms with Crippen LogP contribution in [0.25, 0.3) is 11.4 Å². The maximum Gasteiger partial charge on any atom is 0.269 e. The molecule has 1 aromatic heterocycles. The van der Waals surface area contributed by atoms with Crippen molar-refractivity contribution in [3.05, 3.63) is 45.6 Å². The molecule has 0 atom stereocenters. The predicted molar refractivity (Wildman–Crippen MR) is 82.4 cm³/mol. The van der Waals surface area contributed by atoms with Crippen LogP contribution in [0.2, 0.25) is 0 Å². The number of nitro groups is 1. The van der Waals surface area contributed by atoms with E-state index in [1.54, 1.807) is 12.1 Å². The fourth-order valence-electron chi connectivity index (χ4n) is 2.11. The number of nitro benzene ring substituents is 1. The molecular weight excluding hydrogens is 268 g/mol. The molecule has 2 aromatic rings. The molecule has 0 spiro atoms. The van der Waals surface area contributed by atoms with Crippen LogP contribution < -0.4 is 5.32 Å². The van der Waals surface area contributed by atoms with Crippen LogP contribution in [0.15, 0.2) is 24.3 Å². The van der Waals surface area contributed by atoms with E-state index in [1.165, 1.54) is 12.1 Å². The van der Waals surface area contributed by atoms with E-state index in [2.05, 4.69) is 15.3 Å². The fourth-order valence-corrected chi connectivity index (χ4v) is 2.11. The summed E-state index contributed by atoms with van der Waals surface area (Å²) in [5.74, 6) is 1.40. The second-order valence-corrected chi connectivity index (χ2v) is 4.66. The van der Waals surface area contributed by atoms with Crippen molar-refractivity contribution >= 4 is 11.5 Å². The number of nitrogens with zero attached hydrogens (tertiary/aromatic N) is 3. The topological polar surface area (TPSA) is 81.0 Å². The van der Waals surface area contributed by atoms with E-state index in [-0.39, 0.29) is 5.69 Å². The standard InChI is InChI=1S/C15H18N4O2/c1-4-13-10(3)14(16-5-2)18-15(17-13)11-6-8-12(9-7-11)19(20)21/h6-9H,4-5H2,1-3H3,(H,16,17,18). The van der Waals surface area contributed by atoms with Gasteiger partial charge >= 0.3 is 0 Å². The lowest BCUT2D eigenvalue weighted by molar-refractivity contribution is -0.384. The van der Waals surface area contributed by atoms with Crippen molar-refractivity contribution in [2.45, 2.75) is 27.2 Å². The normalized spacial score (nSPS) is 10.4. The van der Waals surface area contributed by atoms with E-state index in [0.717, 1.165) is 35.6 Å². The number of non-ortho nitro benzene ring substituents is 1. The van der Waals surface area contributed by atoms with Crippen LogP contribution in [-0.2, 0) is 6.42 Å². The Labute approximate surface area is 123 Å². The number of nitrogens with one attached hydrogen (secondary N) is 1. The summed E-state index contributed by atoms with van der Waals surface area (Å²) in [7, 11) is 0. The van der Waals surface area contributed by atoms with E-state index >= 15 is 0 Å². The van der Waals surface area contributed by atoms with Gasteiger partial charge in [0.05, 0.1) is 4.92 Å². The zero-order valence-corrected chi connectivity index (χ0v) is 12.4. The summed E-state index contributed by atoms with van der Waals surface area (Å²) < 4.78 is 0. The molecule has 0 saturated carbocycles. The third kappa shape index (κ3) is 3.16. The maximum atomic E-state index is 10.7. The molecule has 110 valence electrons. The van der Waals surface area contributed by atoms with E-state index in [4.69, 9.17) is 0 Å². The molecule has 0 aliphatic heterocycles. The molecule has 1 heterocycles. The number of hydrogen-bond donors (Lipinski definition) is 1. The Bertz CT molecular complexity index is 653. The van der Waals surface area contributed by atoms with E-state index in [9.17, 15) is 10.1 Å². The van der Waals surface area contributed by atoms with Gasteiger partial charge in [-0.05, 0) is 32.4 Å². The van der Waals surface area contributed by atoms with Crippen molar-refractivity contribution in [3.63, 3.8) is 0 Å². The summed E-state index contributed by atoms with van der Waals surface area (Å²) in [5, 5.41) is 13.9. The first kappa shape index (κ1) is 14.9. The van der Waals surface area contributed by atoms with Gasteiger partial charge in [0.25, 0.3) is 5.69 Å². The first-order valence-electron chi connectivity index (χ1n) is 6.93. The van der Waals surface area contributed by atoms with Crippen LogP contribution in [0.3, 0.4) is 0 Å². The largest absolute Gasteiger partial charge is 0.370 e. The van der Waals surface area contributed by atoms with Gasteiger partial charge in [-0.2, -0.15) is 0 Å². The predicted octanol–water partition coefficient (Wildman–Crippen LogP) is 3.35. The molecule has 0 bridgehead atoms. The Balaban J connectivity index is 2.47.